The van der Waals surface area contributed by atoms with Gasteiger partial charge in [-0.25, -0.2) is 0 Å². The number of hydrogen-bond acceptors (Lipinski definition) is 3. The van der Waals surface area contributed by atoms with Crippen LogP contribution in [0.15, 0.2) is 24.3 Å². The third-order valence-electron chi connectivity index (χ3n) is 3.80. The molecule has 22 heavy (non-hydrogen) atoms. The zero-order valence-corrected chi connectivity index (χ0v) is 12.3. The predicted molar refractivity (Wildman–Crippen MR) is 77.5 cm³/mol. The first-order valence-electron chi connectivity index (χ1n) is 7.31. The molecular formula is C15H20F3N3O. The predicted octanol–water partition coefficient (Wildman–Crippen LogP) is 1.81. The lowest BCUT2D eigenvalue weighted by molar-refractivity contribution is -0.137. The highest BCUT2D eigenvalue weighted by Crippen LogP contribution is 2.29. The van der Waals surface area contributed by atoms with Crippen molar-refractivity contribution in [1.82, 2.24) is 9.80 Å². The second-order valence-electron chi connectivity index (χ2n) is 5.35. The van der Waals surface area contributed by atoms with Crippen molar-refractivity contribution < 1.29 is 18.0 Å². The fourth-order valence-corrected chi connectivity index (χ4v) is 2.47. The van der Waals surface area contributed by atoms with Crippen LogP contribution in [-0.4, -0.2) is 55.0 Å². The molecule has 1 saturated heterocycles. The zero-order chi connectivity index (χ0) is 16.2. The van der Waals surface area contributed by atoms with Gasteiger partial charge in [0.05, 0.1) is 5.56 Å². The van der Waals surface area contributed by atoms with Crippen LogP contribution in [0.3, 0.4) is 0 Å². The maximum absolute atomic E-state index is 12.5. The Bertz CT molecular complexity index is 494. The lowest BCUT2D eigenvalue weighted by Crippen LogP contribution is -2.49. The lowest BCUT2D eigenvalue weighted by atomic mass is 10.1. The van der Waals surface area contributed by atoms with E-state index in [0.29, 0.717) is 25.2 Å². The monoisotopic (exact) mass is 315 g/mol. The standard InChI is InChI=1S/C15H20F3N3O/c16-15(17,18)13-4-2-12(3-5-13)14(22)21-10-8-20(9-11-21)7-1-6-19/h2-5H,1,6-11,19H2. The quantitative estimate of drug-likeness (QED) is 0.922. The van der Waals surface area contributed by atoms with Gasteiger partial charge < -0.3 is 10.6 Å². The Morgan fingerprint density at radius 3 is 2.18 bits per heavy atom. The molecule has 2 N–H and O–H groups in total. The molecule has 0 unspecified atom stereocenters. The largest absolute Gasteiger partial charge is 0.416 e. The minimum atomic E-state index is -4.38. The van der Waals surface area contributed by atoms with Gasteiger partial charge in [-0.2, -0.15) is 13.2 Å². The van der Waals surface area contributed by atoms with Crippen molar-refractivity contribution in [3.05, 3.63) is 35.4 Å². The number of rotatable bonds is 4. The van der Waals surface area contributed by atoms with Gasteiger partial charge in [0.15, 0.2) is 0 Å². The zero-order valence-electron chi connectivity index (χ0n) is 12.3. The van der Waals surface area contributed by atoms with Crippen molar-refractivity contribution in [3.8, 4) is 0 Å². The van der Waals surface area contributed by atoms with Gasteiger partial charge in [-0.3, -0.25) is 9.69 Å². The van der Waals surface area contributed by atoms with Crippen molar-refractivity contribution in [2.24, 2.45) is 5.73 Å². The van der Waals surface area contributed by atoms with Gasteiger partial charge in [-0.1, -0.05) is 0 Å². The SMILES string of the molecule is NCCCN1CCN(C(=O)c2ccc(C(F)(F)F)cc2)CC1. The van der Waals surface area contributed by atoms with Crippen LogP contribution in [0.4, 0.5) is 13.2 Å². The van der Waals surface area contributed by atoms with Gasteiger partial charge in [0.25, 0.3) is 5.91 Å². The topological polar surface area (TPSA) is 49.6 Å². The third kappa shape index (κ3) is 4.20. The van der Waals surface area contributed by atoms with E-state index in [9.17, 15) is 18.0 Å². The van der Waals surface area contributed by atoms with Crippen molar-refractivity contribution in [2.45, 2.75) is 12.6 Å². The summed E-state index contributed by atoms with van der Waals surface area (Å²) in [5.74, 6) is -0.216. The van der Waals surface area contributed by atoms with Crippen molar-refractivity contribution in [1.29, 1.82) is 0 Å². The molecule has 4 nitrogen and oxygen atoms in total. The highest BCUT2D eigenvalue weighted by molar-refractivity contribution is 5.94. The smallest absolute Gasteiger partial charge is 0.336 e. The fourth-order valence-electron chi connectivity index (χ4n) is 2.47. The summed E-state index contributed by atoms with van der Waals surface area (Å²) in [5, 5.41) is 0. The summed E-state index contributed by atoms with van der Waals surface area (Å²) in [6, 6.07) is 4.38. The van der Waals surface area contributed by atoms with Gasteiger partial charge in [0, 0.05) is 31.7 Å². The van der Waals surface area contributed by atoms with Crippen molar-refractivity contribution in [2.75, 3.05) is 39.3 Å². The van der Waals surface area contributed by atoms with Gasteiger partial charge >= 0.3 is 6.18 Å². The minimum Gasteiger partial charge on any atom is -0.336 e. The molecule has 122 valence electrons. The second kappa shape index (κ2) is 7.11. The number of halogens is 3. The average molecular weight is 315 g/mol. The summed E-state index contributed by atoms with van der Waals surface area (Å²) in [6.45, 7) is 4.27. The van der Waals surface area contributed by atoms with E-state index in [4.69, 9.17) is 5.73 Å². The summed E-state index contributed by atoms with van der Waals surface area (Å²) in [4.78, 5) is 16.2. The first-order chi connectivity index (χ1) is 10.4. The summed E-state index contributed by atoms with van der Waals surface area (Å²) in [7, 11) is 0. The normalized spacial score (nSPS) is 16.8. The maximum Gasteiger partial charge on any atom is 0.416 e. The number of benzene rings is 1. The van der Waals surface area contributed by atoms with E-state index in [1.54, 1.807) is 4.90 Å². The highest BCUT2D eigenvalue weighted by atomic mass is 19.4. The molecule has 0 aromatic heterocycles. The van der Waals surface area contributed by atoms with Crippen LogP contribution in [0.1, 0.15) is 22.3 Å². The van der Waals surface area contributed by atoms with Crippen LogP contribution in [0, 0.1) is 0 Å². The number of alkyl halides is 3. The van der Waals surface area contributed by atoms with E-state index in [0.717, 1.165) is 38.2 Å². The Balaban J connectivity index is 1.92. The molecule has 1 heterocycles. The average Bonchev–Trinajstić information content (AvgIpc) is 2.52. The number of amides is 1. The molecular weight excluding hydrogens is 295 g/mol. The van der Waals surface area contributed by atoms with Gasteiger partial charge in [0.1, 0.15) is 0 Å². The second-order valence-corrected chi connectivity index (χ2v) is 5.35. The number of piperazine rings is 1. The van der Waals surface area contributed by atoms with E-state index in [1.165, 1.54) is 12.1 Å². The lowest BCUT2D eigenvalue weighted by Gasteiger charge is -2.34. The van der Waals surface area contributed by atoms with Crippen LogP contribution < -0.4 is 5.73 Å². The molecule has 1 aromatic carbocycles. The Morgan fingerprint density at radius 2 is 1.68 bits per heavy atom. The fraction of sp³-hybridized carbons (Fsp3) is 0.533. The summed E-state index contributed by atoms with van der Waals surface area (Å²) < 4.78 is 37.5. The molecule has 1 aliphatic rings. The van der Waals surface area contributed by atoms with Crippen LogP contribution in [0.25, 0.3) is 0 Å². The molecule has 1 aliphatic heterocycles. The van der Waals surface area contributed by atoms with E-state index < -0.39 is 11.7 Å². The summed E-state index contributed by atoms with van der Waals surface area (Å²) >= 11 is 0. The maximum atomic E-state index is 12.5. The van der Waals surface area contributed by atoms with Crippen LogP contribution in [0.5, 0.6) is 0 Å². The number of hydrogen-bond donors (Lipinski definition) is 1. The van der Waals surface area contributed by atoms with E-state index in [1.807, 2.05) is 0 Å². The van der Waals surface area contributed by atoms with E-state index in [-0.39, 0.29) is 5.91 Å². The molecule has 0 bridgehead atoms. The van der Waals surface area contributed by atoms with Crippen LogP contribution >= 0.6 is 0 Å². The minimum absolute atomic E-state index is 0.216. The highest BCUT2D eigenvalue weighted by Gasteiger charge is 2.30. The van der Waals surface area contributed by atoms with Crippen LogP contribution in [0.2, 0.25) is 0 Å². The Kier molecular flexibility index (Phi) is 5.42. The molecule has 0 spiro atoms. The third-order valence-corrected chi connectivity index (χ3v) is 3.80. The Labute approximate surface area is 127 Å². The number of nitrogens with zero attached hydrogens (tertiary/aromatic N) is 2. The first kappa shape index (κ1) is 16.8. The van der Waals surface area contributed by atoms with Crippen LogP contribution in [-0.2, 0) is 6.18 Å². The summed E-state index contributed by atoms with van der Waals surface area (Å²) in [5.41, 5.74) is 5.02. The van der Waals surface area contributed by atoms with Gasteiger partial charge in [-0.15, -0.1) is 0 Å². The molecule has 0 aliphatic carbocycles. The molecule has 1 aromatic rings. The number of nitrogens with two attached hydrogens (primary N) is 1. The molecule has 1 fully saturated rings. The first-order valence-corrected chi connectivity index (χ1v) is 7.31. The molecule has 2 rings (SSSR count). The molecule has 7 heteroatoms. The number of carbonyl (C=O) groups excluding carboxylic acids is 1. The Morgan fingerprint density at radius 1 is 1.09 bits per heavy atom. The van der Waals surface area contributed by atoms with Gasteiger partial charge in [-0.05, 0) is 43.8 Å². The molecule has 1 amide bonds. The molecule has 0 atom stereocenters. The molecule has 0 radical (unpaired) electrons. The van der Waals surface area contributed by atoms with Gasteiger partial charge in [0.2, 0.25) is 0 Å². The molecule has 0 saturated carbocycles. The summed E-state index contributed by atoms with van der Waals surface area (Å²) in [6.07, 6.45) is -3.46. The van der Waals surface area contributed by atoms with E-state index >= 15 is 0 Å². The van der Waals surface area contributed by atoms with Crippen molar-refractivity contribution in [3.63, 3.8) is 0 Å². The van der Waals surface area contributed by atoms with Crippen molar-refractivity contribution >= 4 is 5.91 Å². The Hall–Kier alpha value is -1.60. The number of carbonyl (C=O) groups is 1. The van der Waals surface area contributed by atoms with E-state index in [2.05, 4.69) is 4.90 Å².